The highest BCUT2D eigenvalue weighted by molar-refractivity contribution is 5.83. The third-order valence-corrected chi connectivity index (χ3v) is 6.18. The van der Waals surface area contributed by atoms with Crippen molar-refractivity contribution < 1.29 is 20.1 Å². The Morgan fingerprint density at radius 1 is 0.972 bits per heavy atom. The van der Waals surface area contributed by atoms with E-state index >= 15 is 0 Å². The van der Waals surface area contributed by atoms with Gasteiger partial charge in [0.1, 0.15) is 23.8 Å². The summed E-state index contributed by atoms with van der Waals surface area (Å²) < 4.78 is 7.09. The smallest absolute Gasteiger partial charge is 0.226 e. The standard InChI is InChI=1S/C26H28N6O4/c27-23-20-24(32(15-29-20)25-22(35)21(34)19(14-33)36-25)31-26(30-23)28-13-12-18-10-8-17(9-11-18)7-6-16-4-2-1-3-5-16/h1-11,15,19,21-22,25,33-35H,12-14H2,(H3,27,28,30,31)/t19-,21?,22?,25-/m1/s1. The van der Waals surface area contributed by atoms with Gasteiger partial charge in [-0.2, -0.15) is 9.97 Å². The number of hydrogen-bond donors (Lipinski definition) is 5. The van der Waals surface area contributed by atoms with Crippen LogP contribution in [0.5, 0.6) is 0 Å². The number of aromatic nitrogens is 4. The first-order chi connectivity index (χ1) is 17.5. The molecule has 36 heavy (non-hydrogen) atoms. The van der Waals surface area contributed by atoms with Crippen molar-refractivity contribution in [3.63, 3.8) is 0 Å². The van der Waals surface area contributed by atoms with Crippen LogP contribution in [0.15, 0.2) is 60.9 Å². The van der Waals surface area contributed by atoms with E-state index in [2.05, 4.69) is 68.8 Å². The number of benzene rings is 2. The SMILES string of the molecule is Nc1nc(NCCc2ccc(C=Cc3ccccc3)cc2)nc2c1ncn2[C@@H]1O[C@H](CO)C(O)C1O. The normalized spacial score (nSPS) is 22.0. The number of fused-ring (bicyclic) bond motifs is 1. The highest BCUT2D eigenvalue weighted by Gasteiger charge is 2.44. The molecule has 4 aromatic rings. The van der Waals surface area contributed by atoms with Gasteiger partial charge in [0, 0.05) is 6.54 Å². The molecule has 0 aliphatic carbocycles. The highest BCUT2D eigenvalue weighted by atomic mass is 16.6. The molecule has 1 fully saturated rings. The Kier molecular flexibility index (Phi) is 6.92. The molecule has 10 nitrogen and oxygen atoms in total. The van der Waals surface area contributed by atoms with E-state index in [0.717, 1.165) is 23.1 Å². The number of nitrogens with zero attached hydrogens (tertiary/aromatic N) is 4. The fourth-order valence-corrected chi connectivity index (χ4v) is 4.18. The zero-order valence-electron chi connectivity index (χ0n) is 19.5. The molecule has 2 aromatic heterocycles. The summed E-state index contributed by atoms with van der Waals surface area (Å²) in [5.41, 5.74) is 10.2. The molecule has 1 aliphatic heterocycles. The quantitative estimate of drug-likeness (QED) is 0.234. The molecule has 3 heterocycles. The minimum atomic E-state index is -1.25. The van der Waals surface area contributed by atoms with Gasteiger partial charge in [0.2, 0.25) is 5.95 Å². The molecule has 0 radical (unpaired) electrons. The molecule has 4 atom stereocenters. The van der Waals surface area contributed by atoms with Crippen LogP contribution < -0.4 is 11.1 Å². The first-order valence-electron chi connectivity index (χ1n) is 11.7. The lowest BCUT2D eigenvalue weighted by Crippen LogP contribution is -2.33. The van der Waals surface area contributed by atoms with Crippen LogP contribution in [0.25, 0.3) is 23.3 Å². The van der Waals surface area contributed by atoms with Crippen molar-refractivity contribution in [1.29, 1.82) is 0 Å². The molecule has 2 unspecified atom stereocenters. The third-order valence-electron chi connectivity index (χ3n) is 6.18. The van der Waals surface area contributed by atoms with E-state index in [4.69, 9.17) is 10.5 Å². The molecule has 6 N–H and O–H groups in total. The minimum absolute atomic E-state index is 0.183. The average Bonchev–Trinajstić information content (AvgIpc) is 3.45. The van der Waals surface area contributed by atoms with E-state index in [-0.39, 0.29) is 5.82 Å². The Balaban J connectivity index is 1.24. The van der Waals surface area contributed by atoms with E-state index in [1.54, 1.807) is 0 Å². The van der Waals surface area contributed by atoms with E-state index in [1.807, 2.05) is 18.2 Å². The van der Waals surface area contributed by atoms with Crippen LogP contribution in [0.3, 0.4) is 0 Å². The number of nitrogen functional groups attached to an aromatic ring is 1. The van der Waals surface area contributed by atoms with Crippen molar-refractivity contribution in [3.8, 4) is 0 Å². The molecule has 5 rings (SSSR count). The Bertz CT molecular complexity index is 1340. The minimum Gasteiger partial charge on any atom is -0.394 e. The molecule has 186 valence electrons. The van der Waals surface area contributed by atoms with Crippen LogP contribution >= 0.6 is 0 Å². The molecular weight excluding hydrogens is 460 g/mol. The summed E-state index contributed by atoms with van der Waals surface area (Å²) in [4.78, 5) is 13.0. The van der Waals surface area contributed by atoms with Crippen molar-refractivity contribution in [2.24, 2.45) is 0 Å². The summed E-state index contributed by atoms with van der Waals surface area (Å²) in [5.74, 6) is 0.499. The second kappa shape index (κ2) is 10.4. The largest absolute Gasteiger partial charge is 0.394 e. The lowest BCUT2D eigenvalue weighted by atomic mass is 10.1. The van der Waals surface area contributed by atoms with Crippen LogP contribution in [0.4, 0.5) is 11.8 Å². The predicted octanol–water partition coefficient (Wildman–Crippen LogP) is 1.85. The summed E-state index contributed by atoms with van der Waals surface area (Å²) in [5, 5.41) is 33.0. The Morgan fingerprint density at radius 2 is 1.69 bits per heavy atom. The van der Waals surface area contributed by atoms with Crippen molar-refractivity contribution in [2.45, 2.75) is 31.0 Å². The van der Waals surface area contributed by atoms with Crippen LogP contribution in [0, 0.1) is 0 Å². The van der Waals surface area contributed by atoms with E-state index in [9.17, 15) is 15.3 Å². The Hall–Kier alpha value is -3.83. The van der Waals surface area contributed by atoms with Gasteiger partial charge in [0.25, 0.3) is 0 Å². The monoisotopic (exact) mass is 488 g/mol. The number of imidazole rings is 1. The number of rotatable bonds is 8. The molecule has 1 aliphatic rings. The molecule has 0 spiro atoms. The van der Waals surface area contributed by atoms with Crippen LogP contribution in [0.1, 0.15) is 22.9 Å². The van der Waals surface area contributed by atoms with Gasteiger partial charge in [-0.1, -0.05) is 66.7 Å². The topological polar surface area (TPSA) is 152 Å². The van der Waals surface area contributed by atoms with Gasteiger partial charge in [0.15, 0.2) is 17.7 Å². The summed E-state index contributed by atoms with van der Waals surface area (Å²) in [7, 11) is 0. The molecular formula is C26H28N6O4. The maximum absolute atomic E-state index is 10.4. The first-order valence-corrected chi connectivity index (χ1v) is 11.7. The number of aliphatic hydroxyl groups excluding tert-OH is 3. The van der Waals surface area contributed by atoms with E-state index < -0.39 is 31.1 Å². The number of hydrogen-bond acceptors (Lipinski definition) is 9. The lowest BCUT2D eigenvalue weighted by Gasteiger charge is -2.16. The van der Waals surface area contributed by atoms with Crippen molar-refractivity contribution in [3.05, 3.63) is 77.6 Å². The fraction of sp³-hybridized carbons (Fsp3) is 0.269. The van der Waals surface area contributed by atoms with Crippen molar-refractivity contribution in [2.75, 3.05) is 24.2 Å². The number of aliphatic hydroxyl groups is 3. The molecule has 2 aromatic carbocycles. The highest BCUT2D eigenvalue weighted by Crippen LogP contribution is 2.32. The second-order valence-electron chi connectivity index (χ2n) is 8.65. The zero-order chi connectivity index (χ0) is 25.1. The summed E-state index contributed by atoms with van der Waals surface area (Å²) in [6.07, 6.45) is 2.00. The molecule has 1 saturated heterocycles. The van der Waals surface area contributed by atoms with Gasteiger partial charge >= 0.3 is 0 Å². The van der Waals surface area contributed by atoms with Gasteiger partial charge in [-0.3, -0.25) is 4.57 Å². The maximum atomic E-state index is 10.4. The van der Waals surface area contributed by atoms with Crippen LogP contribution in [-0.2, 0) is 11.2 Å². The van der Waals surface area contributed by atoms with E-state index in [0.29, 0.717) is 23.7 Å². The second-order valence-corrected chi connectivity index (χ2v) is 8.65. The number of nitrogens with one attached hydrogen (secondary N) is 1. The summed E-state index contributed by atoms with van der Waals surface area (Å²) in [6.45, 7) is 0.154. The average molecular weight is 489 g/mol. The van der Waals surface area contributed by atoms with Crippen molar-refractivity contribution in [1.82, 2.24) is 19.5 Å². The third kappa shape index (κ3) is 4.93. The van der Waals surface area contributed by atoms with Gasteiger partial charge in [-0.05, 0) is 23.1 Å². The number of anilines is 2. The van der Waals surface area contributed by atoms with Crippen LogP contribution in [-0.4, -0.2) is 66.3 Å². The van der Waals surface area contributed by atoms with Gasteiger partial charge in [-0.25, -0.2) is 4.98 Å². The lowest BCUT2D eigenvalue weighted by molar-refractivity contribution is -0.0511. The van der Waals surface area contributed by atoms with Crippen molar-refractivity contribution >= 4 is 35.1 Å². The summed E-state index contributed by atoms with van der Waals surface area (Å²) in [6, 6.07) is 18.5. The fourth-order valence-electron chi connectivity index (χ4n) is 4.18. The summed E-state index contributed by atoms with van der Waals surface area (Å²) >= 11 is 0. The molecule has 0 amide bonds. The first kappa shape index (κ1) is 23.9. The predicted molar refractivity (Wildman–Crippen MR) is 137 cm³/mol. The Morgan fingerprint density at radius 3 is 2.39 bits per heavy atom. The van der Waals surface area contributed by atoms with Crippen LogP contribution in [0.2, 0.25) is 0 Å². The molecule has 0 bridgehead atoms. The molecule has 10 heteroatoms. The van der Waals surface area contributed by atoms with Gasteiger partial charge in [-0.15, -0.1) is 0 Å². The molecule has 0 saturated carbocycles. The number of ether oxygens (including phenoxy) is 1. The van der Waals surface area contributed by atoms with Gasteiger partial charge < -0.3 is 31.1 Å². The zero-order valence-corrected chi connectivity index (χ0v) is 19.5. The number of nitrogens with two attached hydrogens (primary N) is 1. The van der Waals surface area contributed by atoms with Gasteiger partial charge in [0.05, 0.1) is 12.9 Å². The Labute approximate surface area is 207 Å². The van der Waals surface area contributed by atoms with E-state index in [1.165, 1.54) is 10.9 Å². The maximum Gasteiger partial charge on any atom is 0.226 e.